The van der Waals surface area contributed by atoms with Gasteiger partial charge in [-0.1, -0.05) is 6.07 Å². The van der Waals surface area contributed by atoms with Crippen LogP contribution in [0.3, 0.4) is 0 Å². The third-order valence-electron chi connectivity index (χ3n) is 2.31. The minimum atomic E-state index is -3.09. The Morgan fingerprint density at radius 2 is 2.06 bits per heavy atom. The Kier molecular flexibility index (Phi) is 4.04. The standard InChI is InChI=1S/C11H16FNO2S/c1-8-3-4-10(12)5-9(8)6-11(13)7-16(2,14)15/h3-5,11H,6-7,13H2,1-2H3. The fourth-order valence-electron chi connectivity index (χ4n) is 1.59. The van der Waals surface area contributed by atoms with Gasteiger partial charge >= 0.3 is 0 Å². The van der Waals surface area contributed by atoms with Crippen LogP contribution in [0.5, 0.6) is 0 Å². The number of hydrogen-bond acceptors (Lipinski definition) is 3. The first-order valence-electron chi connectivity index (χ1n) is 4.96. The van der Waals surface area contributed by atoms with Crippen LogP contribution in [0.1, 0.15) is 11.1 Å². The Bertz CT molecular complexity index is 471. The van der Waals surface area contributed by atoms with Gasteiger partial charge in [-0.2, -0.15) is 0 Å². The lowest BCUT2D eigenvalue weighted by Gasteiger charge is -2.12. The second-order valence-electron chi connectivity index (χ2n) is 4.13. The van der Waals surface area contributed by atoms with E-state index in [0.717, 1.165) is 17.4 Å². The molecule has 1 rings (SSSR count). The number of halogens is 1. The molecule has 0 fully saturated rings. The SMILES string of the molecule is Cc1ccc(F)cc1CC(N)CS(C)(=O)=O. The van der Waals surface area contributed by atoms with Gasteiger partial charge in [0.1, 0.15) is 15.7 Å². The van der Waals surface area contributed by atoms with E-state index in [1.165, 1.54) is 12.1 Å². The lowest BCUT2D eigenvalue weighted by atomic mass is 10.0. The fraction of sp³-hybridized carbons (Fsp3) is 0.455. The highest BCUT2D eigenvalue weighted by molar-refractivity contribution is 7.90. The summed E-state index contributed by atoms with van der Waals surface area (Å²) < 4.78 is 35.0. The number of sulfone groups is 1. The Morgan fingerprint density at radius 3 is 2.62 bits per heavy atom. The quantitative estimate of drug-likeness (QED) is 0.862. The topological polar surface area (TPSA) is 60.2 Å². The van der Waals surface area contributed by atoms with E-state index in [2.05, 4.69) is 0 Å². The van der Waals surface area contributed by atoms with Gasteiger partial charge in [0.15, 0.2) is 0 Å². The summed E-state index contributed by atoms with van der Waals surface area (Å²) in [6.07, 6.45) is 1.52. The lowest BCUT2D eigenvalue weighted by molar-refractivity contribution is 0.590. The summed E-state index contributed by atoms with van der Waals surface area (Å²) in [6, 6.07) is 3.95. The van der Waals surface area contributed by atoms with Crippen molar-refractivity contribution in [3.63, 3.8) is 0 Å². The second kappa shape index (κ2) is 4.93. The van der Waals surface area contributed by atoms with Crippen molar-refractivity contribution in [2.75, 3.05) is 12.0 Å². The molecular formula is C11H16FNO2S. The molecule has 0 aromatic heterocycles. The van der Waals surface area contributed by atoms with Crippen molar-refractivity contribution in [1.82, 2.24) is 0 Å². The van der Waals surface area contributed by atoms with Crippen molar-refractivity contribution in [3.8, 4) is 0 Å². The Hall–Kier alpha value is -0.940. The number of rotatable bonds is 4. The van der Waals surface area contributed by atoms with Gasteiger partial charge < -0.3 is 5.73 Å². The zero-order chi connectivity index (χ0) is 12.3. The minimum Gasteiger partial charge on any atom is -0.326 e. The molecule has 1 aromatic rings. The molecule has 90 valence electrons. The molecule has 16 heavy (non-hydrogen) atoms. The van der Waals surface area contributed by atoms with E-state index < -0.39 is 15.9 Å². The molecular weight excluding hydrogens is 229 g/mol. The molecule has 0 aliphatic rings. The second-order valence-corrected chi connectivity index (χ2v) is 6.31. The average molecular weight is 245 g/mol. The maximum Gasteiger partial charge on any atom is 0.148 e. The van der Waals surface area contributed by atoms with E-state index >= 15 is 0 Å². The monoisotopic (exact) mass is 245 g/mol. The predicted octanol–water partition coefficient (Wildman–Crippen LogP) is 1.05. The highest BCUT2D eigenvalue weighted by Crippen LogP contribution is 2.12. The van der Waals surface area contributed by atoms with Gasteiger partial charge in [-0.3, -0.25) is 0 Å². The molecule has 3 nitrogen and oxygen atoms in total. The molecule has 0 aliphatic carbocycles. The third kappa shape index (κ3) is 4.28. The summed E-state index contributed by atoms with van der Waals surface area (Å²) in [5.74, 6) is -0.407. The van der Waals surface area contributed by atoms with E-state index in [-0.39, 0.29) is 11.6 Å². The number of nitrogens with two attached hydrogens (primary N) is 1. The van der Waals surface area contributed by atoms with Crippen LogP contribution in [0.15, 0.2) is 18.2 Å². The Morgan fingerprint density at radius 1 is 1.44 bits per heavy atom. The van der Waals surface area contributed by atoms with Crippen molar-refractivity contribution in [2.45, 2.75) is 19.4 Å². The normalized spacial score (nSPS) is 13.8. The fourth-order valence-corrected chi connectivity index (χ4v) is 2.49. The van der Waals surface area contributed by atoms with Crippen LogP contribution in [0.25, 0.3) is 0 Å². The largest absolute Gasteiger partial charge is 0.326 e. The van der Waals surface area contributed by atoms with Crippen LogP contribution in [0, 0.1) is 12.7 Å². The molecule has 1 unspecified atom stereocenters. The van der Waals surface area contributed by atoms with E-state index in [1.54, 1.807) is 6.07 Å². The van der Waals surface area contributed by atoms with Crippen LogP contribution < -0.4 is 5.73 Å². The van der Waals surface area contributed by atoms with Gasteiger partial charge in [-0.15, -0.1) is 0 Å². The van der Waals surface area contributed by atoms with Gasteiger partial charge in [-0.25, -0.2) is 12.8 Å². The zero-order valence-corrected chi connectivity index (χ0v) is 10.2. The van der Waals surface area contributed by atoms with Crippen molar-refractivity contribution < 1.29 is 12.8 Å². The maximum atomic E-state index is 13.0. The third-order valence-corrected chi connectivity index (χ3v) is 3.34. The Labute approximate surface area is 95.4 Å². The number of aryl methyl sites for hydroxylation is 1. The summed E-state index contributed by atoms with van der Waals surface area (Å²) in [6.45, 7) is 1.85. The van der Waals surface area contributed by atoms with Crippen LogP contribution in [0.4, 0.5) is 4.39 Å². The minimum absolute atomic E-state index is 0.0804. The summed E-state index contributed by atoms with van der Waals surface area (Å²) in [7, 11) is -3.09. The average Bonchev–Trinajstić information content (AvgIpc) is 2.08. The van der Waals surface area contributed by atoms with E-state index in [1.807, 2.05) is 6.92 Å². The van der Waals surface area contributed by atoms with Gasteiger partial charge in [0.05, 0.1) is 5.75 Å². The van der Waals surface area contributed by atoms with Crippen LogP contribution in [0.2, 0.25) is 0 Å². The highest BCUT2D eigenvalue weighted by atomic mass is 32.2. The van der Waals surface area contributed by atoms with E-state index in [0.29, 0.717) is 6.42 Å². The molecule has 2 N–H and O–H groups in total. The van der Waals surface area contributed by atoms with Crippen LogP contribution in [-0.4, -0.2) is 26.5 Å². The van der Waals surface area contributed by atoms with Crippen molar-refractivity contribution >= 4 is 9.84 Å². The molecule has 0 saturated carbocycles. The van der Waals surface area contributed by atoms with Crippen molar-refractivity contribution in [1.29, 1.82) is 0 Å². The molecule has 0 aliphatic heterocycles. The highest BCUT2D eigenvalue weighted by Gasteiger charge is 2.13. The van der Waals surface area contributed by atoms with Crippen molar-refractivity contribution in [3.05, 3.63) is 35.1 Å². The van der Waals surface area contributed by atoms with Crippen molar-refractivity contribution in [2.24, 2.45) is 5.73 Å². The summed E-state index contributed by atoms with van der Waals surface area (Å²) in [5, 5.41) is 0. The molecule has 0 amide bonds. The Balaban J connectivity index is 2.77. The molecule has 0 bridgehead atoms. The summed E-state index contributed by atoms with van der Waals surface area (Å²) >= 11 is 0. The van der Waals surface area contributed by atoms with Crippen LogP contribution in [-0.2, 0) is 16.3 Å². The number of benzene rings is 1. The molecule has 0 saturated heterocycles. The first-order valence-corrected chi connectivity index (χ1v) is 7.02. The van der Waals surface area contributed by atoms with Crippen LogP contribution >= 0.6 is 0 Å². The molecule has 1 aromatic carbocycles. The zero-order valence-electron chi connectivity index (χ0n) is 9.40. The first-order chi connectivity index (χ1) is 7.28. The smallest absolute Gasteiger partial charge is 0.148 e. The first kappa shape index (κ1) is 13.1. The summed E-state index contributed by atoms with van der Waals surface area (Å²) in [4.78, 5) is 0. The maximum absolute atomic E-state index is 13.0. The molecule has 0 heterocycles. The van der Waals surface area contributed by atoms with Gasteiger partial charge in [0, 0.05) is 12.3 Å². The summed E-state index contributed by atoms with van der Waals surface area (Å²) in [5.41, 5.74) is 7.39. The number of hydrogen-bond donors (Lipinski definition) is 1. The molecule has 5 heteroatoms. The van der Waals surface area contributed by atoms with E-state index in [9.17, 15) is 12.8 Å². The van der Waals surface area contributed by atoms with Gasteiger partial charge in [0.25, 0.3) is 0 Å². The molecule has 0 radical (unpaired) electrons. The predicted molar refractivity (Wildman–Crippen MR) is 62.5 cm³/mol. The van der Waals surface area contributed by atoms with Gasteiger partial charge in [-0.05, 0) is 36.6 Å². The lowest BCUT2D eigenvalue weighted by Crippen LogP contribution is -2.31. The molecule has 0 spiro atoms. The van der Waals surface area contributed by atoms with E-state index in [4.69, 9.17) is 5.73 Å². The molecule has 1 atom stereocenters. The van der Waals surface area contributed by atoms with Gasteiger partial charge in [0.2, 0.25) is 0 Å².